The molecular weight excluding hydrogens is 318 g/mol. The molecule has 0 amide bonds. The zero-order chi connectivity index (χ0) is 14.1. The van der Waals surface area contributed by atoms with Gasteiger partial charge in [0.15, 0.2) is 5.75 Å². The molecule has 3 heterocycles. The molecule has 0 aromatic carbocycles. The summed E-state index contributed by atoms with van der Waals surface area (Å²) >= 11 is 6.37. The Kier molecular flexibility index (Phi) is 3.84. The third kappa shape index (κ3) is 2.49. The molecular formula is C12H10ClN3O2S2. The summed E-state index contributed by atoms with van der Waals surface area (Å²) in [5, 5.41) is 4.66. The number of H-pyrrole nitrogens is 1. The fourth-order valence-corrected chi connectivity index (χ4v) is 3.80. The van der Waals surface area contributed by atoms with Gasteiger partial charge in [-0.25, -0.2) is 0 Å². The minimum Gasteiger partial charge on any atom is -0.609 e. The van der Waals surface area contributed by atoms with E-state index in [0.29, 0.717) is 21.6 Å². The monoisotopic (exact) mass is 327 g/mol. The number of nitrogens with one attached hydrogen (secondary N) is 1. The van der Waals surface area contributed by atoms with E-state index >= 15 is 0 Å². The number of hydrogen-bond acceptors (Lipinski definition) is 5. The van der Waals surface area contributed by atoms with Crippen LogP contribution in [-0.4, -0.2) is 26.6 Å². The largest absolute Gasteiger partial charge is 0.609 e. The summed E-state index contributed by atoms with van der Waals surface area (Å²) < 4.78 is 17.4. The zero-order valence-electron chi connectivity index (χ0n) is 10.4. The maximum atomic E-state index is 12.3. The van der Waals surface area contributed by atoms with Gasteiger partial charge in [-0.05, 0) is 0 Å². The van der Waals surface area contributed by atoms with Crippen molar-refractivity contribution in [2.24, 2.45) is 0 Å². The van der Waals surface area contributed by atoms with Gasteiger partial charge < -0.3 is 9.29 Å². The van der Waals surface area contributed by atoms with E-state index in [1.165, 1.54) is 7.11 Å². The highest BCUT2D eigenvalue weighted by molar-refractivity contribution is 7.90. The summed E-state index contributed by atoms with van der Waals surface area (Å²) in [5.41, 5.74) is 2.24. The van der Waals surface area contributed by atoms with E-state index in [9.17, 15) is 4.55 Å². The summed E-state index contributed by atoms with van der Waals surface area (Å²) in [5.74, 6) is 0.712. The lowest BCUT2D eigenvalue weighted by molar-refractivity contribution is 0.414. The molecule has 1 N–H and O–H groups in total. The molecule has 0 spiro atoms. The standard InChI is InChI=1S/C12H10ClN3O2S2/c1-18-10-2-3-14-9(11(10)13)6-20(17)12-15-7-4-19-5-8(7)16-12/h2-5H,6H2,1H3,(H,15,16). The Labute approximate surface area is 127 Å². The van der Waals surface area contributed by atoms with Crippen molar-refractivity contribution in [3.63, 3.8) is 0 Å². The minimum absolute atomic E-state index is 0.190. The Morgan fingerprint density at radius 1 is 1.50 bits per heavy atom. The van der Waals surface area contributed by atoms with E-state index in [0.717, 1.165) is 11.0 Å². The lowest BCUT2D eigenvalue weighted by Gasteiger charge is -2.09. The van der Waals surface area contributed by atoms with Gasteiger partial charge in [-0.3, -0.25) is 9.97 Å². The van der Waals surface area contributed by atoms with Crippen LogP contribution < -0.4 is 4.74 Å². The number of ether oxygens (including phenoxy) is 1. The van der Waals surface area contributed by atoms with Gasteiger partial charge >= 0.3 is 5.16 Å². The fourth-order valence-electron chi connectivity index (χ4n) is 1.75. The number of thiophene rings is 1. The van der Waals surface area contributed by atoms with Gasteiger partial charge in [-0.1, -0.05) is 11.6 Å². The number of hydrogen-bond donors (Lipinski definition) is 1. The minimum atomic E-state index is -1.33. The van der Waals surface area contributed by atoms with Crippen LogP contribution >= 0.6 is 22.9 Å². The van der Waals surface area contributed by atoms with Crippen LogP contribution in [0.3, 0.4) is 0 Å². The molecule has 0 aliphatic carbocycles. The Hall–Kier alpha value is -1.28. The molecule has 0 saturated carbocycles. The number of nitrogens with zero attached hydrogens (tertiary/aromatic N) is 2. The van der Waals surface area contributed by atoms with Crippen molar-refractivity contribution in [1.82, 2.24) is 15.0 Å². The third-order valence-corrected chi connectivity index (χ3v) is 5.03. The molecule has 104 valence electrons. The molecule has 1 atom stereocenters. The number of methoxy groups -OCH3 is 1. The quantitative estimate of drug-likeness (QED) is 0.747. The summed E-state index contributed by atoms with van der Waals surface area (Å²) in [6.45, 7) is 0. The van der Waals surface area contributed by atoms with Crippen LogP contribution in [0.15, 0.2) is 28.2 Å². The highest BCUT2D eigenvalue weighted by Gasteiger charge is 2.21. The molecule has 3 rings (SSSR count). The second-order valence-electron chi connectivity index (χ2n) is 3.98. The molecule has 0 bridgehead atoms. The Morgan fingerprint density at radius 3 is 3.10 bits per heavy atom. The van der Waals surface area contributed by atoms with E-state index in [1.54, 1.807) is 23.6 Å². The Balaban J connectivity index is 1.85. The molecule has 0 aliphatic heterocycles. The zero-order valence-corrected chi connectivity index (χ0v) is 12.8. The number of halogens is 1. The lowest BCUT2D eigenvalue weighted by atomic mass is 10.3. The van der Waals surface area contributed by atoms with Crippen LogP contribution in [0.5, 0.6) is 5.75 Å². The number of pyridine rings is 1. The van der Waals surface area contributed by atoms with Crippen LogP contribution in [0.4, 0.5) is 0 Å². The molecule has 1 unspecified atom stereocenters. The average molecular weight is 328 g/mol. The molecule has 8 heteroatoms. The van der Waals surface area contributed by atoms with Crippen molar-refractivity contribution in [3.05, 3.63) is 33.7 Å². The van der Waals surface area contributed by atoms with Crippen molar-refractivity contribution >= 4 is 45.1 Å². The molecule has 0 saturated heterocycles. The van der Waals surface area contributed by atoms with E-state index in [1.807, 2.05) is 10.8 Å². The fraction of sp³-hybridized carbons (Fsp3) is 0.167. The SMILES string of the molecule is COc1ccnc(C[S+]([O-])c2nc3cscc3[nH]2)c1Cl. The molecule has 3 aromatic heterocycles. The van der Waals surface area contributed by atoms with Gasteiger partial charge in [-0.15, -0.1) is 11.3 Å². The van der Waals surface area contributed by atoms with Crippen molar-refractivity contribution in [1.29, 1.82) is 0 Å². The van der Waals surface area contributed by atoms with Crippen LogP contribution in [0.1, 0.15) is 5.69 Å². The van der Waals surface area contributed by atoms with E-state index in [-0.39, 0.29) is 5.75 Å². The Bertz CT molecular complexity index is 715. The van der Waals surface area contributed by atoms with E-state index < -0.39 is 11.2 Å². The number of aromatic amines is 1. The second kappa shape index (κ2) is 5.61. The predicted molar refractivity (Wildman–Crippen MR) is 79.9 cm³/mol. The van der Waals surface area contributed by atoms with E-state index in [4.69, 9.17) is 16.3 Å². The molecule has 5 nitrogen and oxygen atoms in total. The summed E-state index contributed by atoms with van der Waals surface area (Å²) in [6.07, 6.45) is 1.58. The number of aromatic nitrogens is 3. The first-order valence-corrected chi connectivity index (χ1v) is 8.30. The van der Waals surface area contributed by atoms with Gasteiger partial charge in [0.1, 0.15) is 22.0 Å². The molecule has 0 fully saturated rings. The van der Waals surface area contributed by atoms with Crippen molar-refractivity contribution in [2.75, 3.05) is 7.11 Å². The van der Waals surface area contributed by atoms with Crippen molar-refractivity contribution < 1.29 is 9.29 Å². The normalized spacial score (nSPS) is 12.8. The first kappa shape index (κ1) is 13.7. The van der Waals surface area contributed by atoms with Crippen molar-refractivity contribution in [2.45, 2.75) is 10.9 Å². The van der Waals surface area contributed by atoms with Crippen LogP contribution in [-0.2, 0) is 16.9 Å². The molecule has 3 aromatic rings. The van der Waals surface area contributed by atoms with Gasteiger partial charge in [-0.2, -0.15) is 4.98 Å². The van der Waals surface area contributed by atoms with Gasteiger partial charge in [0.25, 0.3) is 0 Å². The number of imidazole rings is 1. The first-order valence-electron chi connectivity index (χ1n) is 5.66. The summed E-state index contributed by atoms with van der Waals surface area (Å²) in [7, 11) is 1.53. The highest BCUT2D eigenvalue weighted by Crippen LogP contribution is 2.28. The molecule has 20 heavy (non-hydrogen) atoms. The Morgan fingerprint density at radius 2 is 2.35 bits per heavy atom. The lowest BCUT2D eigenvalue weighted by Crippen LogP contribution is -2.09. The van der Waals surface area contributed by atoms with Crippen LogP contribution in [0, 0.1) is 0 Å². The van der Waals surface area contributed by atoms with Crippen molar-refractivity contribution in [3.8, 4) is 5.75 Å². The van der Waals surface area contributed by atoms with E-state index in [2.05, 4.69) is 15.0 Å². The van der Waals surface area contributed by atoms with Gasteiger partial charge in [0.05, 0.1) is 12.6 Å². The number of fused-ring (bicyclic) bond motifs is 1. The van der Waals surface area contributed by atoms with Crippen LogP contribution in [0.2, 0.25) is 5.02 Å². The maximum Gasteiger partial charge on any atom is 0.322 e. The topological polar surface area (TPSA) is 73.9 Å². The molecule has 0 aliphatic rings. The smallest absolute Gasteiger partial charge is 0.322 e. The first-order chi connectivity index (χ1) is 9.69. The summed E-state index contributed by atoms with van der Waals surface area (Å²) in [4.78, 5) is 11.5. The molecule has 0 radical (unpaired) electrons. The third-order valence-electron chi connectivity index (χ3n) is 2.73. The number of rotatable bonds is 4. The predicted octanol–water partition coefficient (Wildman–Crippen LogP) is 2.99. The van der Waals surface area contributed by atoms with Gasteiger partial charge in [0.2, 0.25) is 0 Å². The van der Waals surface area contributed by atoms with Crippen LogP contribution in [0.25, 0.3) is 11.0 Å². The summed E-state index contributed by atoms with van der Waals surface area (Å²) in [6, 6.07) is 1.66. The highest BCUT2D eigenvalue weighted by atomic mass is 35.5. The maximum absolute atomic E-state index is 12.3. The second-order valence-corrected chi connectivity index (χ2v) is 6.46. The average Bonchev–Trinajstić information content (AvgIpc) is 3.02. The van der Waals surface area contributed by atoms with Gasteiger partial charge in [0, 0.05) is 34.2 Å².